The Morgan fingerprint density at radius 2 is 2.06 bits per heavy atom. The van der Waals surface area contributed by atoms with Gasteiger partial charge < -0.3 is 5.32 Å². The van der Waals surface area contributed by atoms with E-state index in [9.17, 15) is 0 Å². The number of halogens is 1. The van der Waals surface area contributed by atoms with Crippen LogP contribution in [-0.4, -0.2) is 15.0 Å². The van der Waals surface area contributed by atoms with Crippen LogP contribution in [0.15, 0.2) is 36.8 Å². The Bertz CT molecular complexity index is 677. The molecule has 0 radical (unpaired) electrons. The molecule has 0 unspecified atom stereocenters. The van der Waals surface area contributed by atoms with Crippen LogP contribution in [0.2, 0.25) is 4.47 Å². The van der Waals surface area contributed by atoms with E-state index in [0.717, 1.165) is 21.6 Å². The summed E-state index contributed by atoms with van der Waals surface area (Å²) in [6, 6.07) is 5.88. The summed E-state index contributed by atoms with van der Waals surface area (Å²) in [6.07, 6.45) is 5.16. The van der Waals surface area contributed by atoms with Crippen molar-refractivity contribution in [1.29, 1.82) is 0 Å². The monoisotopic (exact) mass is 276 g/mol. The first-order chi connectivity index (χ1) is 8.83. The van der Waals surface area contributed by atoms with Crippen LogP contribution >= 0.6 is 22.9 Å². The van der Waals surface area contributed by atoms with Gasteiger partial charge in [-0.3, -0.25) is 9.97 Å². The largest absolute Gasteiger partial charge is 0.378 e. The van der Waals surface area contributed by atoms with Crippen LogP contribution < -0.4 is 5.32 Å². The molecular formula is C12H9ClN4S. The number of nitrogens with zero attached hydrogens (tertiary/aromatic N) is 3. The van der Waals surface area contributed by atoms with E-state index in [1.165, 1.54) is 11.3 Å². The molecule has 0 fully saturated rings. The van der Waals surface area contributed by atoms with E-state index >= 15 is 0 Å². The molecule has 2 heterocycles. The molecule has 0 saturated heterocycles. The number of rotatable bonds is 3. The number of aromatic nitrogens is 3. The molecule has 1 N–H and O–H groups in total. The maximum atomic E-state index is 5.79. The topological polar surface area (TPSA) is 50.7 Å². The van der Waals surface area contributed by atoms with E-state index in [2.05, 4.69) is 20.3 Å². The molecule has 0 aliphatic heterocycles. The molecule has 0 saturated carbocycles. The van der Waals surface area contributed by atoms with Gasteiger partial charge in [0.05, 0.1) is 17.7 Å². The van der Waals surface area contributed by atoms with Crippen LogP contribution in [-0.2, 0) is 6.54 Å². The second-order valence-electron chi connectivity index (χ2n) is 3.66. The zero-order valence-corrected chi connectivity index (χ0v) is 10.9. The molecule has 1 aromatic carbocycles. The number of nitrogens with one attached hydrogen (secondary N) is 1. The maximum absolute atomic E-state index is 5.79. The highest BCUT2D eigenvalue weighted by molar-refractivity contribution is 7.15. The Balaban J connectivity index is 1.86. The summed E-state index contributed by atoms with van der Waals surface area (Å²) in [5.74, 6) is 0. The van der Waals surface area contributed by atoms with Crippen LogP contribution in [0, 0.1) is 0 Å². The van der Waals surface area contributed by atoms with Gasteiger partial charge in [0.2, 0.25) is 0 Å². The number of hydrogen-bond acceptors (Lipinski definition) is 5. The van der Waals surface area contributed by atoms with Gasteiger partial charge in [-0.2, -0.15) is 0 Å². The first-order valence-electron chi connectivity index (χ1n) is 5.37. The summed E-state index contributed by atoms with van der Waals surface area (Å²) in [6.45, 7) is 0.681. The Hall–Kier alpha value is -1.72. The zero-order chi connectivity index (χ0) is 12.4. The minimum atomic E-state index is 0.560. The summed E-state index contributed by atoms with van der Waals surface area (Å²) in [5, 5.41) is 3.33. The van der Waals surface area contributed by atoms with Gasteiger partial charge in [-0.25, -0.2) is 4.98 Å². The second-order valence-corrected chi connectivity index (χ2v) is 5.36. The normalized spacial score (nSPS) is 10.7. The highest BCUT2D eigenvalue weighted by Crippen LogP contribution is 2.22. The fraction of sp³-hybridized carbons (Fsp3) is 0.0833. The number of anilines is 1. The molecular weight excluding hydrogens is 268 g/mol. The Morgan fingerprint density at radius 1 is 1.17 bits per heavy atom. The number of fused-ring (bicyclic) bond motifs is 1. The summed E-state index contributed by atoms with van der Waals surface area (Å²) in [5.41, 5.74) is 2.71. The maximum Gasteiger partial charge on any atom is 0.183 e. The van der Waals surface area contributed by atoms with Crippen LogP contribution in [0.5, 0.6) is 0 Å². The van der Waals surface area contributed by atoms with Gasteiger partial charge in [0.25, 0.3) is 0 Å². The van der Waals surface area contributed by atoms with Crippen molar-refractivity contribution in [3.05, 3.63) is 46.1 Å². The molecule has 3 aromatic rings. The summed E-state index contributed by atoms with van der Waals surface area (Å²) in [7, 11) is 0. The summed E-state index contributed by atoms with van der Waals surface area (Å²) >= 11 is 7.26. The van der Waals surface area contributed by atoms with Crippen molar-refractivity contribution in [1.82, 2.24) is 15.0 Å². The van der Waals surface area contributed by atoms with E-state index in [-0.39, 0.29) is 0 Å². The van der Waals surface area contributed by atoms with Gasteiger partial charge in [0.15, 0.2) is 4.47 Å². The number of para-hydroxylation sites is 1. The van der Waals surface area contributed by atoms with Crippen LogP contribution in [0.4, 0.5) is 5.69 Å². The van der Waals surface area contributed by atoms with Gasteiger partial charge in [0, 0.05) is 23.5 Å². The molecule has 0 amide bonds. The molecule has 0 atom stereocenters. The molecule has 18 heavy (non-hydrogen) atoms. The molecule has 6 heteroatoms. The van der Waals surface area contributed by atoms with E-state index in [1.54, 1.807) is 18.6 Å². The molecule has 4 nitrogen and oxygen atoms in total. The predicted octanol–water partition coefficient (Wildman–Crippen LogP) is 3.35. The van der Waals surface area contributed by atoms with E-state index in [0.29, 0.717) is 11.0 Å². The highest BCUT2D eigenvalue weighted by Gasteiger charge is 2.03. The van der Waals surface area contributed by atoms with Crippen molar-refractivity contribution >= 4 is 39.7 Å². The van der Waals surface area contributed by atoms with Gasteiger partial charge in [-0.1, -0.05) is 17.7 Å². The number of benzene rings is 1. The van der Waals surface area contributed by atoms with Crippen LogP contribution in [0.1, 0.15) is 4.88 Å². The fourth-order valence-corrected chi connectivity index (χ4v) is 2.60. The lowest BCUT2D eigenvalue weighted by atomic mass is 10.2. The van der Waals surface area contributed by atoms with Gasteiger partial charge >= 0.3 is 0 Å². The standard InChI is InChI=1S/C12H9ClN4S/c13-12-17-7-8(18-12)6-16-10-3-1-2-9-11(10)15-5-4-14-9/h1-5,7,16H,6H2. The Morgan fingerprint density at radius 3 is 2.89 bits per heavy atom. The quantitative estimate of drug-likeness (QED) is 0.797. The first-order valence-corrected chi connectivity index (χ1v) is 6.56. The van der Waals surface area contributed by atoms with Crippen molar-refractivity contribution in [3.63, 3.8) is 0 Å². The van der Waals surface area contributed by atoms with Crippen molar-refractivity contribution in [3.8, 4) is 0 Å². The lowest BCUT2D eigenvalue weighted by Gasteiger charge is -2.06. The molecule has 90 valence electrons. The van der Waals surface area contributed by atoms with E-state index in [4.69, 9.17) is 11.6 Å². The third-order valence-electron chi connectivity index (χ3n) is 2.48. The van der Waals surface area contributed by atoms with Gasteiger partial charge in [0.1, 0.15) is 5.52 Å². The average Bonchev–Trinajstić information content (AvgIpc) is 2.82. The highest BCUT2D eigenvalue weighted by atomic mass is 35.5. The lowest BCUT2D eigenvalue weighted by molar-refractivity contribution is 1.17. The molecule has 0 aliphatic carbocycles. The van der Waals surface area contributed by atoms with E-state index in [1.807, 2.05) is 18.2 Å². The average molecular weight is 277 g/mol. The number of thiazole rings is 1. The lowest BCUT2D eigenvalue weighted by Crippen LogP contribution is -1.99. The SMILES string of the molecule is Clc1ncc(CNc2cccc3nccnc23)s1. The van der Waals surface area contributed by atoms with Crippen LogP contribution in [0.25, 0.3) is 11.0 Å². The smallest absolute Gasteiger partial charge is 0.183 e. The fourth-order valence-electron chi connectivity index (χ4n) is 1.68. The molecule has 2 aromatic heterocycles. The van der Waals surface area contributed by atoms with Crippen molar-refractivity contribution in [2.45, 2.75) is 6.54 Å². The van der Waals surface area contributed by atoms with Gasteiger partial charge in [-0.15, -0.1) is 11.3 Å². The Kier molecular flexibility index (Phi) is 3.08. The third-order valence-corrected chi connectivity index (χ3v) is 3.59. The minimum absolute atomic E-state index is 0.560. The third kappa shape index (κ3) is 2.27. The predicted molar refractivity (Wildman–Crippen MR) is 74.0 cm³/mol. The minimum Gasteiger partial charge on any atom is -0.378 e. The first kappa shape index (κ1) is 11.4. The zero-order valence-electron chi connectivity index (χ0n) is 9.30. The molecule has 0 spiro atoms. The van der Waals surface area contributed by atoms with Crippen molar-refractivity contribution < 1.29 is 0 Å². The molecule has 0 bridgehead atoms. The summed E-state index contributed by atoms with van der Waals surface area (Å²) < 4.78 is 0.560. The van der Waals surface area contributed by atoms with E-state index < -0.39 is 0 Å². The summed E-state index contributed by atoms with van der Waals surface area (Å²) in [4.78, 5) is 13.7. The second kappa shape index (κ2) is 4.88. The molecule has 0 aliphatic rings. The Labute approximate surface area is 113 Å². The van der Waals surface area contributed by atoms with Crippen LogP contribution in [0.3, 0.4) is 0 Å². The van der Waals surface area contributed by atoms with Gasteiger partial charge in [-0.05, 0) is 12.1 Å². The van der Waals surface area contributed by atoms with Crippen molar-refractivity contribution in [2.75, 3.05) is 5.32 Å². The number of hydrogen-bond donors (Lipinski definition) is 1. The van der Waals surface area contributed by atoms with Crippen molar-refractivity contribution in [2.24, 2.45) is 0 Å². The molecule has 3 rings (SSSR count).